The Kier molecular flexibility index (Phi) is 33.0. The SMILES string of the molecule is CC(C)(C)c1c(-c2ccccc2)cccc1-c1ccccc1.CC(C)(C)c1ccccc1-c1ccccc1.CC(C)n1c2ccccc2c2cc3ccccc3cc21.CC(C)n1c2ccccc2c2ccccc21.CC(C)n1c2ccccc2c2ccccc21.CC(C)n1c2ccccc2c2cccnc21.CC(C)n1c2ccccc2c2ncccc21.Cc1cccc(C)c1C(C)(C)C.Cc1ccccc1C(C)(C)C. The van der Waals surface area contributed by atoms with E-state index in [1.807, 2.05) is 24.5 Å². The number of benzene rings is 16. The zero-order chi connectivity index (χ0) is 103. The van der Waals surface area contributed by atoms with Gasteiger partial charge in [0, 0.05) is 124 Å². The number of aryl methyl sites for hydroxylation is 3. The molecule has 0 amide bonds. The third-order valence-corrected chi connectivity index (χ3v) is 27.3. The van der Waals surface area contributed by atoms with E-state index in [9.17, 15) is 0 Å². The average molecular weight is 1910 g/mol. The van der Waals surface area contributed by atoms with Gasteiger partial charge in [0.2, 0.25) is 0 Å². The molecular formula is C138H149N7. The second-order valence-electron chi connectivity index (χ2n) is 43.9. The van der Waals surface area contributed by atoms with Crippen molar-refractivity contribution < 1.29 is 0 Å². The first-order chi connectivity index (χ1) is 69.5. The lowest BCUT2D eigenvalue weighted by molar-refractivity contribution is 0.582. The summed E-state index contributed by atoms with van der Waals surface area (Å²) in [6.45, 7) is 56.0. The minimum absolute atomic E-state index is 0.0810. The van der Waals surface area contributed by atoms with Crippen LogP contribution in [0.25, 0.3) is 153 Å². The number of hydrogen-bond donors (Lipinski definition) is 0. The highest BCUT2D eigenvalue weighted by molar-refractivity contribution is 6.14. The van der Waals surface area contributed by atoms with Crippen molar-refractivity contribution in [2.45, 2.75) is 225 Å². The molecule has 0 saturated heterocycles. The molecule has 0 radical (unpaired) electrons. The number of aromatic nitrogens is 7. The van der Waals surface area contributed by atoms with Crippen molar-refractivity contribution >= 4 is 120 Å². The molecule has 0 N–H and O–H groups in total. The molecule has 145 heavy (non-hydrogen) atoms. The molecule has 0 atom stereocenters. The van der Waals surface area contributed by atoms with Crippen molar-refractivity contribution in [3.05, 3.63) is 458 Å². The van der Waals surface area contributed by atoms with E-state index in [1.54, 1.807) is 0 Å². The highest BCUT2D eigenvalue weighted by Crippen LogP contribution is 2.43. The van der Waals surface area contributed by atoms with Gasteiger partial charge < -0.3 is 22.8 Å². The third-order valence-electron chi connectivity index (χ3n) is 27.3. The Labute approximate surface area is 863 Å². The summed E-state index contributed by atoms with van der Waals surface area (Å²) in [5, 5.41) is 14.5. The van der Waals surface area contributed by atoms with Crippen LogP contribution in [0.1, 0.15) is 221 Å². The zero-order valence-corrected chi connectivity index (χ0v) is 90.4. The van der Waals surface area contributed by atoms with Crippen LogP contribution in [0, 0.1) is 20.8 Å². The Hall–Kier alpha value is -14.9. The average Bonchev–Trinajstić information content (AvgIpc) is 1.68. The summed E-state index contributed by atoms with van der Waals surface area (Å²) in [6.07, 6.45) is 3.72. The topological polar surface area (TPSA) is 50.4 Å². The standard InChI is InChI=1S/C22H22.C19H17N.C16H18.2C15H15N.2C14H14N2.C12H18.C11H16/c1-22(2,3)21-19(17-11-6-4-7-12-17)15-10-16-20(21)18-13-8-5-9-14-18;1-13(2)20-18-10-6-5-9-16(18)17-11-14-7-3-4-8-15(14)12-19(17)20;1-16(2,3)15-12-8-7-11-14(15)13-9-5-4-6-10-13;2*1-11(2)16-14-9-5-3-7-12(14)13-8-4-6-10-15(13)16;1-10(2)16-13-8-4-3-6-11(13)12-7-5-9-15-14(12)16;1-10(2)16-12-7-4-3-6-11(12)14-13(16)8-5-9-15-14;1-9-7-6-8-10(2)11(9)12(3,4)5;1-9-7-5-6-8-10(9)11(2,3)4/h4-16H,1-3H3;3-13H,1-2H3;4-12H,1-3H3;2*3-11H,1-2H3;2*3-10H,1-2H3;6-8H,1-5H3;5-8H,1-4H3. The minimum atomic E-state index is 0.0810. The lowest BCUT2D eigenvalue weighted by Crippen LogP contribution is -2.14. The molecule has 736 valence electrons. The lowest BCUT2D eigenvalue weighted by atomic mass is 9.77. The fraction of sp³-hybridized carbons (Fsp3) is 0.246. The molecule has 0 spiro atoms. The van der Waals surface area contributed by atoms with Gasteiger partial charge >= 0.3 is 0 Å². The first-order valence-corrected chi connectivity index (χ1v) is 52.1. The van der Waals surface area contributed by atoms with Crippen LogP contribution in [-0.2, 0) is 21.7 Å². The molecule has 0 aliphatic rings. The molecule has 7 heteroatoms. The fourth-order valence-electron chi connectivity index (χ4n) is 21.5. The summed E-state index contributed by atoms with van der Waals surface area (Å²) in [5.74, 6) is 0. The number of rotatable bonds is 8. The molecule has 0 aliphatic carbocycles. The molecule has 0 saturated carbocycles. The minimum Gasteiger partial charge on any atom is -0.338 e. The molecular weight excluding hydrogens is 1760 g/mol. The van der Waals surface area contributed by atoms with Crippen molar-refractivity contribution in [3.63, 3.8) is 0 Å². The fourth-order valence-corrected chi connectivity index (χ4v) is 21.5. The number of hydrogen-bond acceptors (Lipinski definition) is 2. The summed E-state index contributed by atoms with van der Waals surface area (Å²) < 4.78 is 11.9. The second kappa shape index (κ2) is 45.8. The summed E-state index contributed by atoms with van der Waals surface area (Å²) in [6, 6.07) is 146. The maximum Gasteiger partial charge on any atom is 0.141 e. The predicted octanol–water partition coefficient (Wildman–Crippen LogP) is 39.7. The first kappa shape index (κ1) is 104. The van der Waals surface area contributed by atoms with Gasteiger partial charge in [-0.05, 0) is 274 Å². The molecule has 23 aromatic rings. The smallest absolute Gasteiger partial charge is 0.141 e. The Morgan fingerprint density at radius 3 is 0.862 bits per heavy atom. The van der Waals surface area contributed by atoms with E-state index in [4.69, 9.17) is 0 Å². The summed E-state index contributed by atoms with van der Waals surface area (Å²) in [7, 11) is 0. The van der Waals surface area contributed by atoms with Crippen LogP contribution < -0.4 is 0 Å². The highest BCUT2D eigenvalue weighted by Gasteiger charge is 2.26. The van der Waals surface area contributed by atoms with E-state index >= 15 is 0 Å². The van der Waals surface area contributed by atoms with Crippen molar-refractivity contribution in [2.75, 3.05) is 0 Å². The molecule has 0 aliphatic heterocycles. The lowest BCUT2D eigenvalue weighted by Gasteiger charge is -2.27. The molecule has 16 aromatic carbocycles. The maximum absolute atomic E-state index is 4.50. The van der Waals surface area contributed by atoms with Crippen LogP contribution in [0.4, 0.5) is 0 Å². The highest BCUT2D eigenvalue weighted by atomic mass is 15.1. The number of pyridine rings is 2. The van der Waals surface area contributed by atoms with Gasteiger partial charge in [0.15, 0.2) is 0 Å². The van der Waals surface area contributed by atoms with Gasteiger partial charge in [-0.1, -0.05) is 411 Å². The number of para-hydroxylation sites is 7. The van der Waals surface area contributed by atoms with E-state index in [0.717, 1.165) is 11.2 Å². The predicted molar refractivity (Wildman–Crippen MR) is 633 cm³/mol. The van der Waals surface area contributed by atoms with Gasteiger partial charge in [-0.3, -0.25) is 4.98 Å². The van der Waals surface area contributed by atoms with Crippen LogP contribution in [0.5, 0.6) is 0 Å². The summed E-state index contributed by atoms with van der Waals surface area (Å²) in [5.41, 5.74) is 32.6. The van der Waals surface area contributed by atoms with Gasteiger partial charge in [0.25, 0.3) is 0 Å². The Bertz CT molecular complexity index is 7520. The van der Waals surface area contributed by atoms with Gasteiger partial charge in [0.1, 0.15) is 5.65 Å². The van der Waals surface area contributed by atoms with Gasteiger partial charge in [-0.2, -0.15) is 0 Å². The Morgan fingerprint density at radius 2 is 0.469 bits per heavy atom. The van der Waals surface area contributed by atoms with E-state index in [-0.39, 0.29) is 21.7 Å². The van der Waals surface area contributed by atoms with Crippen LogP contribution in [0.2, 0.25) is 0 Å². The zero-order valence-electron chi connectivity index (χ0n) is 90.4. The largest absolute Gasteiger partial charge is 0.338 e. The van der Waals surface area contributed by atoms with Gasteiger partial charge in [0.05, 0.1) is 22.1 Å². The monoisotopic (exact) mass is 1900 g/mol. The molecule has 0 fully saturated rings. The van der Waals surface area contributed by atoms with Crippen LogP contribution >= 0.6 is 0 Å². The van der Waals surface area contributed by atoms with Crippen molar-refractivity contribution in [3.8, 4) is 33.4 Å². The molecule has 0 unspecified atom stereocenters. The molecule has 7 heterocycles. The number of nitrogens with zero attached hydrogens (tertiary/aromatic N) is 7. The van der Waals surface area contributed by atoms with E-state index < -0.39 is 0 Å². The molecule has 0 bridgehead atoms. The maximum atomic E-state index is 4.50. The third kappa shape index (κ3) is 23.6. The van der Waals surface area contributed by atoms with Crippen molar-refractivity contribution in [1.29, 1.82) is 0 Å². The van der Waals surface area contributed by atoms with Crippen LogP contribution in [0.15, 0.2) is 419 Å². The summed E-state index contributed by atoms with van der Waals surface area (Å²) >= 11 is 0. The summed E-state index contributed by atoms with van der Waals surface area (Å²) in [4.78, 5) is 8.99. The van der Waals surface area contributed by atoms with E-state index in [1.165, 1.54) is 181 Å². The number of fused-ring (bicyclic) bond motifs is 16. The Morgan fingerprint density at radius 1 is 0.193 bits per heavy atom. The van der Waals surface area contributed by atoms with Crippen LogP contribution in [0.3, 0.4) is 0 Å². The van der Waals surface area contributed by atoms with Crippen molar-refractivity contribution in [2.24, 2.45) is 0 Å². The normalized spacial score (nSPS) is 11.7. The van der Waals surface area contributed by atoms with Gasteiger partial charge in [-0.15, -0.1) is 0 Å². The Balaban J connectivity index is 0.000000123. The molecule has 7 aromatic heterocycles. The van der Waals surface area contributed by atoms with Crippen LogP contribution in [-0.4, -0.2) is 32.8 Å². The van der Waals surface area contributed by atoms with E-state index in [2.05, 4.69) is 600 Å². The first-order valence-electron chi connectivity index (χ1n) is 52.1. The molecule has 23 rings (SSSR count). The quantitative estimate of drug-likeness (QED) is 0.152. The van der Waals surface area contributed by atoms with Crippen molar-refractivity contribution in [1.82, 2.24) is 32.8 Å². The molecule has 7 nitrogen and oxygen atoms in total. The second-order valence-corrected chi connectivity index (χ2v) is 43.9. The van der Waals surface area contributed by atoms with Gasteiger partial charge in [-0.25, -0.2) is 4.98 Å². The van der Waals surface area contributed by atoms with E-state index in [0.29, 0.717) is 30.2 Å².